The molecule has 0 atom stereocenters. The van der Waals surface area contributed by atoms with Gasteiger partial charge >= 0.3 is 11.9 Å². The third-order valence-corrected chi connectivity index (χ3v) is 1.65. The zero-order valence-corrected chi connectivity index (χ0v) is 9.01. The molecule has 5 heteroatoms. The summed E-state index contributed by atoms with van der Waals surface area (Å²) in [6.07, 6.45) is 1.10. The number of hydrogen-bond acceptors (Lipinski definition) is 3. The molecule has 0 aliphatic carbocycles. The van der Waals surface area contributed by atoms with Crippen LogP contribution in [0.5, 0.6) is 0 Å². The van der Waals surface area contributed by atoms with Gasteiger partial charge in [-0.25, -0.2) is 9.59 Å². The summed E-state index contributed by atoms with van der Waals surface area (Å²) in [5, 5.41) is 17.0. The second kappa shape index (κ2) is 7.42. The third kappa shape index (κ3) is 5.11. The Balaban J connectivity index is 0.000000487. The summed E-state index contributed by atoms with van der Waals surface area (Å²) in [5.74, 6) is -2.25. The first kappa shape index (κ1) is 14.1. The fourth-order valence-electron chi connectivity index (χ4n) is 0.785. The average Bonchev–Trinajstić information content (AvgIpc) is 2.29. The van der Waals surface area contributed by atoms with Crippen LogP contribution in [-0.4, -0.2) is 28.7 Å². The van der Waals surface area contributed by atoms with Gasteiger partial charge in [0.05, 0.1) is 11.1 Å². The van der Waals surface area contributed by atoms with Gasteiger partial charge < -0.3 is 15.9 Å². The minimum atomic E-state index is -1.13. The molecule has 0 amide bonds. The van der Waals surface area contributed by atoms with E-state index >= 15 is 0 Å². The lowest BCUT2D eigenvalue weighted by Gasteiger charge is -1.95. The largest absolute Gasteiger partial charge is 0.478 e. The maximum Gasteiger partial charge on any atom is 0.335 e. The van der Waals surface area contributed by atoms with Crippen LogP contribution in [0.4, 0.5) is 0 Å². The summed E-state index contributed by atoms with van der Waals surface area (Å²) < 4.78 is 0. The lowest BCUT2D eigenvalue weighted by Crippen LogP contribution is -2.01. The van der Waals surface area contributed by atoms with Crippen LogP contribution in [0.15, 0.2) is 24.3 Å². The van der Waals surface area contributed by atoms with Crippen molar-refractivity contribution in [2.24, 2.45) is 5.73 Å². The predicted molar refractivity (Wildman–Crippen MR) is 59.7 cm³/mol. The molecule has 0 fully saturated rings. The van der Waals surface area contributed by atoms with Crippen molar-refractivity contribution in [1.82, 2.24) is 0 Å². The summed E-state index contributed by atoms with van der Waals surface area (Å²) in [6, 6.07) is 5.20. The Morgan fingerprint density at radius 2 is 1.56 bits per heavy atom. The number of benzene rings is 1. The van der Waals surface area contributed by atoms with Crippen molar-refractivity contribution in [2.75, 3.05) is 6.54 Å². The van der Waals surface area contributed by atoms with Gasteiger partial charge in [-0.05, 0) is 31.2 Å². The van der Waals surface area contributed by atoms with Gasteiger partial charge in [-0.3, -0.25) is 0 Å². The maximum absolute atomic E-state index is 10.4. The Morgan fingerprint density at radius 3 is 1.81 bits per heavy atom. The smallest absolute Gasteiger partial charge is 0.335 e. The number of carboxylic acids is 2. The molecule has 0 unspecified atom stereocenters. The van der Waals surface area contributed by atoms with E-state index in [1.54, 1.807) is 0 Å². The Hall–Kier alpha value is -1.88. The van der Waals surface area contributed by atoms with E-state index in [9.17, 15) is 9.59 Å². The summed E-state index contributed by atoms with van der Waals surface area (Å²) in [7, 11) is 0. The Kier molecular flexibility index (Phi) is 6.55. The number of rotatable bonds is 3. The second-order valence-corrected chi connectivity index (χ2v) is 2.98. The first-order chi connectivity index (χ1) is 7.52. The van der Waals surface area contributed by atoms with Crippen LogP contribution in [0, 0.1) is 0 Å². The molecule has 5 nitrogen and oxygen atoms in total. The van der Waals surface area contributed by atoms with Crippen molar-refractivity contribution in [1.29, 1.82) is 0 Å². The molecule has 4 N–H and O–H groups in total. The molecule has 1 aromatic carbocycles. The predicted octanol–water partition coefficient (Wildman–Crippen LogP) is 1.44. The summed E-state index contributed by atoms with van der Waals surface area (Å²) >= 11 is 0. The minimum Gasteiger partial charge on any atom is -0.478 e. The Bertz CT molecular complexity index is 332. The summed E-state index contributed by atoms with van der Waals surface area (Å²) in [4.78, 5) is 20.8. The lowest BCUT2D eigenvalue weighted by atomic mass is 10.1. The van der Waals surface area contributed by atoms with E-state index in [1.165, 1.54) is 18.2 Å². The van der Waals surface area contributed by atoms with Gasteiger partial charge in [-0.2, -0.15) is 0 Å². The van der Waals surface area contributed by atoms with Crippen molar-refractivity contribution in [3.63, 3.8) is 0 Å². The molecule has 0 aromatic heterocycles. The number of carboxylic acid groups (broad SMARTS) is 2. The molecular weight excluding hydrogens is 210 g/mol. The second-order valence-electron chi connectivity index (χ2n) is 2.98. The minimum absolute atomic E-state index is 0.0186. The maximum atomic E-state index is 10.4. The highest BCUT2D eigenvalue weighted by molar-refractivity contribution is 5.93. The highest BCUT2D eigenvalue weighted by Crippen LogP contribution is 2.04. The van der Waals surface area contributed by atoms with Gasteiger partial charge in [0, 0.05) is 0 Å². The van der Waals surface area contributed by atoms with Gasteiger partial charge in [-0.15, -0.1) is 0 Å². The van der Waals surface area contributed by atoms with Crippen LogP contribution < -0.4 is 5.73 Å². The molecule has 0 aliphatic rings. The first-order valence-electron chi connectivity index (χ1n) is 4.79. The van der Waals surface area contributed by atoms with Gasteiger partial charge in [0.15, 0.2) is 0 Å². The molecule has 0 aliphatic heterocycles. The van der Waals surface area contributed by atoms with Gasteiger partial charge in [0.1, 0.15) is 0 Å². The molecule has 1 aromatic rings. The normalized spacial score (nSPS) is 8.88. The molecule has 16 heavy (non-hydrogen) atoms. The van der Waals surface area contributed by atoms with Gasteiger partial charge in [-0.1, -0.05) is 13.0 Å². The number of nitrogens with two attached hydrogens (primary N) is 1. The van der Waals surface area contributed by atoms with Crippen LogP contribution in [0.2, 0.25) is 0 Å². The lowest BCUT2D eigenvalue weighted by molar-refractivity contribution is 0.0696. The standard InChI is InChI=1S/C8H6O4.C3H9N/c9-7(10)5-2-1-3-6(4-5)8(11)12;1-2-3-4/h1-4H,(H,9,10)(H,11,12);2-4H2,1H3. The van der Waals surface area contributed by atoms with Gasteiger partial charge in [0.2, 0.25) is 0 Å². The van der Waals surface area contributed by atoms with E-state index in [1.807, 2.05) is 0 Å². The Morgan fingerprint density at radius 1 is 1.19 bits per heavy atom. The molecule has 0 saturated carbocycles. The van der Waals surface area contributed by atoms with Crippen LogP contribution in [-0.2, 0) is 0 Å². The summed E-state index contributed by atoms with van der Waals surface area (Å²) in [6.45, 7) is 2.88. The molecule has 88 valence electrons. The van der Waals surface area contributed by atoms with E-state index in [-0.39, 0.29) is 11.1 Å². The number of carbonyl (C=O) groups is 2. The number of hydrogen-bond donors (Lipinski definition) is 3. The van der Waals surface area contributed by atoms with Crippen molar-refractivity contribution >= 4 is 11.9 Å². The van der Waals surface area contributed by atoms with Crippen molar-refractivity contribution in [3.05, 3.63) is 35.4 Å². The van der Waals surface area contributed by atoms with Crippen LogP contribution in [0.1, 0.15) is 34.1 Å². The van der Waals surface area contributed by atoms with E-state index in [0.29, 0.717) is 0 Å². The van der Waals surface area contributed by atoms with Gasteiger partial charge in [0.25, 0.3) is 0 Å². The fraction of sp³-hybridized carbons (Fsp3) is 0.273. The molecule has 0 saturated heterocycles. The summed E-state index contributed by atoms with van der Waals surface area (Å²) in [5.41, 5.74) is 4.99. The highest BCUT2D eigenvalue weighted by atomic mass is 16.4. The third-order valence-electron chi connectivity index (χ3n) is 1.65. The molecule has 1 rings (SSSR count). The van der Waals surface area contributed by atoms with Crippen LogP contribution in [0.3, 0.4) is 0 Å². The molecular formula is C11H15NO4. The van der Waals surface area contributed by atoms with E-state index < -0.39 is 11.9 Å². The van der Waals surface area contributed by atoms with Crippen molar-refractivity contribution in [2.45, 2.75) is 13.3 Å². The average molecular weight is 225 g/mol. The van der Waals surface area contributed by atoms with E-state index in [4.69, 9.17) is 15.9 Å². The van der Waals surface area contributed by atoms with E-state index in [2.05, 4.69) is 6.92 Å². The van der Waals surface area contributed by atoms with Crippen molar-refractivity contribution in [3.8, 4) is 0 Å². The van der Waals surface area contributed by atoms with Crippen LogP contribution >= 0.6 is 0 Å². The quantitative estimate of drug-likeness (QED) is 0.722. The fourth-order valence-corrected chi connectivity index (χ4v) is 0.785. The zero-order valence-electron chi connectivity index (χ0n) is 9.01. The monoisotopic (exact) mass is 225 g/mol. The topological polar surface area (TPSA) is 101 Å². The molecule has 0 radical (unpaired) electrons. The highest BCUT2D eigenvalue weighted by Gasteiger charge is 2.06. The molecule has 0 heterocycles. The molecule has 0 spiro atoms. The zero-order chi connectivity index (χ0) is 12.6. The number of aromatic carboxylic acids is 2. The van der Waals surface area contributed by atoms with Crippen molar-refractivity contribution < 1.29 is 19.8 Å². The Labute approximate surface area is 93.5 Å². The van der Waals surface area contributed by atoms with Crippen LogP contribution in [0.25, 0.3) is 0 Å². The molecule has 0 bridgehead atoms. The first-order valence-corrected chi connectivity index (χ1v) is 4.79. The SMILES string of the molecule is CCCN.O=C(O)c1cccc(C(=O)O)c1. The van der Waals surface area contributed by atoms with E-state index in [0.717, 1.165) is 19.0 Å².